The minimum atomic E-state index is 0.516. The van der Waals surface area contributed by atoms with Crippen LogP contribution in [0.15, 0.2) is 99.3 Å². The molecule has 0 spiro atoms. The molecule has 5 aromatic rings. The number of hydrogen-bond acceptors (Lipinski definition) is 10. The molecule has 0 bridgehead atoms. The molecule has 0 atom stereocenters. The second-order valence-electron chi connectivity index (χ2n) is 9.96. The summed E-state index contributed by atoms with van der Waals surface area (Å²) in [7, 11) is 2.12. The number of aryl methyl sites for hydroxylation is 2. The van der Waals surface area contributed by atoms with Crippen LogP contribution in [0.4, 0.5) is 37.9 Å². The molecule has 1 aliphatic heterocycles. The van der Waals surface area contributed by atoms with Crippen LogP contribution in [0.5, 0.6) is 0 Å². The molecule has 3 heterocycles. The van der Waals surface area contributed by atoms with E-state index in [2.05, 4.69) is 78.7 Å². The van der Waals surface area contributed by atoms with Crippen LogP contribution in [0.2, 0.25) is 0 Å². The third kappa shape index (κ3) is 6.23. The fraction of sp³-hybridized carbons (Fsp3) is 0.226. The van der Waals surface area contributed by atoms with Crippen LogP contribution in [0, 0.1) is 13.8 Å². The summed E-state index contributed by atoms with van der Waals surface area (Å²) in [4.78, 5) is 4.72. The average Bonchev–Trinajstić information content (AvgIpc) is 3.78. The van der Waals surface area contributed by atoms with Gasteiger partial charge in [-0.2, -0.15) is 10.2 Å². The third-order valence-corrected chi connectivity index (χ3v) is 9.10. The second kappa shape index (κ2) is 12.1. The molecular weight excluding hydrogens is 549 g/mol. The van der Waals surface area contributed by atoms with Gasteiger partial charge in [-0.15, -0.1) is 31.8 Å². The van der Waals surface area contributed by atoms with E-state index < -0.39 is 0 Å². The highest BCUT2D eigenvalue weighted by Gasteiger charge is 2.16. The number of azo groups is 2. The average molecular weight is 579 g/mol. The van der Waals surface area contributed by atoms with Crippen molar-refractivity contribution in [3.8, 4) is 10.6 Å². The normalized spacial score (nSPS) is 13.6. The minimum Gasteiger partial charge on any atom is -0.363 e. The Labute approximate surface area is 247 Å². The van der Waals surface area contributed by atoms with Gasteiger partial charge in [0.1, 0.15) is 5.01 Å². The number of rotatable bonds is 8. The zero-order valence-corrected chi connectivity index (χ0v) is 24.9. The zero-order valence-electron chi connectivity index (χ0n) is 23.2. The van der Waals surface area contributed by atoms with E-state index in [4.69, 9.17) is 0 Å². The molecule has 0 aliphatic carbocycles. The van der Waals surface area contributed by atoms with Gasteiger partial charge < -0.3 is 9.80 Å². The molecule has 41 heavy (non-hydrogen) atoms. The second-order valence-corrected chi connectivity index (χ2v) is 12.0. The summed E-state index contributed by atoms with van der Waals surface area (Å²) in [5, 5.41) is 30.0. The molecular formula is C31H30N8S2. The van der Waals surface area contributed by atoms with E-state index in [1.54, 1.807) is 0 Å². The van der Waals surface area contributed by atoms with Crippen LogP contribution in [0.25, 0.3) is 10.6 Å². The number of thiophene rings is 1. The third-order valence-electron chi connectivity index (χ3n) is 7.03. The van der Waals surface area contributed by atoms with Gasteiger partial charge in [0.2, 0.25) is 0 Å². The maximum absolute atomic E-state index is 4.53. The lowest BCUT2D eigenvalue weighted by Crippen LogP contribution is -2.15. The quantitative estimate of drug-likeness (QED) is 0.172. The molecule has 2 aromatic heterocycles. The monoisotopic (exact) mass is 578 g/mol. The van der Waals surface area contributed by atoms with Gasteiger partial charge in [0.05, 0.1) is 27.1 Å². The highest BCUT2D eigenvalue weighted by atomic mass is 32.1. The van der Waals surface area contributed by atoms with Gasteiger partial charge in [0, 0.05) is 31.4 Å². The Balaban J connectivity index is 1.11. The van der Waals surface area contributed by atoms with Crippen molar-refractivity contribution in [2.45, 2.75) is 26.7 Å². The molecule has 0 N–H and O–H groups in total. The van der Waals surface area contributed by atoms with E-state index >= 15 is 0 Å². The van der Waals surface area contributed by atoms with Crippen molar-refractivity contribution in [3.63, 3.8) is 0 Å². The number of benzene rings is 3. The molecule has 8 nitrogen and oxygen atoms in total. The van der Waals surface area contributed by atoms with Gasteiger partial charge in [0.25, 0.3) is 5.13 Å². The first-order valence-electron chi connectivity index (χ1n) is 13.6. The molecule has 0 unspecified atom stereocenters. The van der Waals surface area contributed by atoms with Crippen molar-refractivity contribution in [2.75, 3.05) is 29.9 Å². The van der Waals surface area contributed by atoms with Crippen molar-refractivity contribution >= 4 is 60.6 Å². The summed E-state index contributed by atoms with van der Waals surface area (Å²) in [6, 6.07) is 26.4. The van der Waals surface area contributed by atoms with Crippen LogP contribution in [-0.4, -0.2) is 30.3 Å². The molecule has 1 fully saturated rings. The Hall–Kier alpha value is -4.28. The van der Waals surface area contributed by atoms with E-state index in [9.17, 15) is 0 Å². The van der Waals surface area contributed by atoms with E-state index in [-0.39, 0.29) is 0 Å². The van der Waals surface area contributed by atoms with Crippen LogP contribution in [-0.2, 0) is 0 Å². The topological polar surface area (TPSA) is 81.7 Å². The number of anilines is 3. The molecule has 1 aliphatic rings. The van der Waals surface area contributed by atoms with Gasteiger partial charge in [-0.1, -0.05) is 41.7 Å². The molecule has 0 saturated carbocycles. The molecule has 6 rings (SSSR count). The summed E-state index contributed by atoms with van der Waals surface area (Å²) < 4.78 is 0. The lowest BCUT2D eigenvalue weighted by atomic mass is 10.1. The van der Waals surface area contributed by atoms with Crippen LogP contribution < -0.4 is 9.80 Å². The van der Waals surface area contributed by atoms with E-state index in [0.29, 0.717) is 5.13 Å². The Morgan fingerprint density at radius 1 is 0.732 bits per heavy atom. The van der Waals surface area contributed by atoms with Crippen LogP contribution in [0.1, 0.15) is 24.0 Å². The number of aromatic nitrogens is 2. The molecule has 1 saturated heterocycles. The Morgan fingerprint density at radius 3 is 2.22 bits per heavy atom. The Morgan fingerprint density at radius 2 is 1.46 bits per heavy atom. The van der Waals surface area contributed by atoms with Gasteiger partial charge in [-0.05, 0) is 86.3 Å². The number of nitrogens with zero attached hydrogens (tertiary/aromatic N) is 8. The molecule has 0 amide bonds. The van der Waals surface area contributed by atoms with Crippen molar-refractivity contribution in [1.82, 2.24) is 10.2 Å². The summed E-state index contributed by atoms with van der Waals surface area (Å²) in [5.41, 5.74) is 6.54. The van der Waals surface area contributed by atoms with E-state index in [1.807, 2.05) is 72.9 Å². The SMILES string of the molecule is Cc1cc(N(C)c2ccc(N3CCCC3)s2)ccc1N=Nc1ccc(N=Nc2nnc(-c3ccccc3)s2)c(C)c1. The fourth-order valence-corrected chi connectivity index (χ4v) is 6.38. The number of hydrogen-bond donors (Lipinski definition) is 0. The standard InChI is InChI=1S/C31H30N8S2/c1-21-19-24(11-13-26(21)34-36-31-37-35-30(41-31)23-9-5-4-6-10-23)32-33-27-14-12-25(20-22(27)2)38(3)28-15-16-29(40-28)39-17-7-8-18-39/h4-6,9-16,19-20H,7-8,17-18H2,1-3H3. The van der Waals surface area contributed by atoms with Crippen molar-refractivity contribution in [1.29, 1.82) is 0 Å². The molecule has 206 valence electrons. The summed E-state index contributed by atoms with van der Waals surface area (Å²) in [5.74, 6) is 0. The summed E-state index contributed by atoms with van der Waals surface area (Å²) >= 11 is 3.25. The highest BCUT2D eigenvalue weighted by molar-refractivity contribution is 7.20. The maximum atomic E-state index is 4.53. The van der Waals surface area contributed by atoms with Gasteiger partial charge in [-0.3, -0.25) is 0 Å². The summed E-state index contributed by atoms with van der Waals surface area (Å²) in [6.07, 6.45) is 2.57. The van der Waals surface area contributed by atoms with Crippen molar-refractivity contribution in [3.05, 3.63) is 90.0 Å². The predicted molar refractivity (Wildman–Crippen MR) is 170 cm³/mol. The zero-order chi connectivity index (χ0) is 28.2. The molecule has 0 radical (unpaired) electrons. The Kier molecular flexibility index (Phi) is 7.93. The highest BCUT2D eigenvalue weighted by Crippen LogP contribution is 2.38. The first kappa shape index (κ1) is 26.9. The largest absolute Gasteiger partial charge is 0.363 e. The van der Waals surface area contributed by atoms with Crippen LogP contribution in [0.3, 0.4) is 0 Å². The van der Waals surface area contributed by atoms with Crippen molar-refractivity contribution in [2.24, 2.45) is 20.5 Å². The van der Waals surface area contributed by atoms with Crippen molar-refractivity contribution < 1.29 is 0 Å². The maximum Gasteiger partial charge on any atom is 0.252 e. The van der Waals surface area contributed by atoms with Crippen LogP contribution >= 0.6 is 22.7 Å². The fourth-order valence-electron chi connectivity index (χ4n) is 4.67. The minimum absolute atomic E-state index is 0.516. The van der Waals surface area contributed by atoms with Gasteiger partial charge >= 0.3 is 0 Å². The first-order chi connectivity index (χ1) is 20.0. The Bertz CT molecular complexity index is 1700. The van der Waals surface area contributed by atoms with Gasteiger partial charge in [0.15, 0.2) is 0 Å². The van der Waals surface area contributed by atoms with E-state index in [1.165, 1.54) is 34.2 Å². The van der Waals surface area contributed by atoms with Gasteiger partial charge in [-0.25, -0.2) is 0 Å². The first-order valence-corrected chi connectivity index (χ1v) is 15.2. The van der Waals surface area contributed by atoms with E-state index in [0.717, 1.165) is 57.5 Å². The lowest BCUT2D eigenvalue weighted by molar-refractivity contribution is 0.949. The smallest absolute Gasteiger partial charge is 0.252 e. The molecule has 3 aromatic carbocycles. The lowest BCUT2D eigenvalue weighted by Gasteiger charge is -2.19. The summed E-state index contributed by atoms with van der Waals surface area (Å²) in [6.45, 7) is 6.38. The predicted octanol–water partition coefficient (Wildman–Crippen LogP) is 10.1. The molecule has 10 heteroatoms.